The lowest BCUT2D eigenvalue weighted by molar-refractivity contribution is 0.483. The van der Waals surface area contributed by atoms with Crippen LogP contribution in [0.25, 0.3) is 38.8 Å². The lowest BCUT2D eigenvalue weighted by atomic mass is 9.78. The molecule has 0 amide bonds. The van der Waals surface area contributed by atoms with Gasteiger partial charge < -0.3 is 14.5 Å². The molecule has 0 N–H and O–H groups in total. The van der Waals surface area contributed by atoms with Gasteiger partial charge in [-0.1, -0.05) is 184 Å². The average molecular weight is 955 g/mol. The van der Waals surface area contributed by atoms with Gasteiger partial charge in [0, 0.05) is 51.3 Å². The van der Waals surface area contributed by atoms with Gasteiger partial charge in [0.1, 0.15) is 24.0 Å². The zero-order chi connectivity index (χ0) is 50.9. The molecule has 0 saturated heterocycles. The molecule has 1 aliphatic rings. The molecule has 5 nitrogen and oxygen atoms in total. The summed E-state index contributed by atoms with van der Waals surface area (Å²) in [5, 5.41) is 2.35. The molecule has 0 radical (unpaired) electrons. The van der Waals surface area contributed by atoms with Gasteiger partial charge in [0.2, 0.25) is 0 Å². The van der Waals surface area contributed by atoms with Gasteiger partial charge in [-0.25, -0.2) is 4.98 Å². The van der Waals surface area contributed by atoms with Crippen molar-refractivity contribution in [3.05, 3.63) is 240 Å². The van der Waals surface area contributed by atoms with E-state index in [2.05, 4.69) is 284 Å². The van der Waals surface area contributed by atoms with Crippen LogP contribution in [0, 0.1) is 0 Å². The van der Waals surface area contributed by atoms with Crippen LogP contribution in [0.4, 0.5) is 22.7 Å². The number of anilines is 4. The molecular formula is C68H66N4O. The minimum absolute atomic E-state index is 0.0112. The summed E-state index contributed by atoms with van der Waals surface area (Å²) >= 11 is 0. The van der Waals surface area contributed by atoms with Gasteiger partial charge in [0.25, 0.3) is 0 Å². The van der Waals surface area contributed by atoms with Crippen molar-refractivity contribution in [3.8, 4) is 28.4 Å². The second kappa shape index (κ2) is 18.0. The molecule has 10 aromatic rings. The Kier molecular flexibility index (Phi) is 11.7. The minimum atomic E-state index is -0.232. The standard InChI is InChI=1S/C68H66N4O/c1-65(2,3)50-29-33-60-59(40-50)58-32-31-57(44-62(58)72(60)64-42-52(35-36-69-64)68(9,10)49-25-18-13-19-26-49)73-56-28-20-27-54(43-56)70-45-71(55-38-47(46-21-14-11-15-22-46)37-53(39-55)66(4,5)6)61-34-30-51(41-63(61)70)67(7,8)48-23-16-12-17-24-48/h11-44H,45H2,1-10H3. The van der Waals surface area contributed by atoms with Crippen LogP contribution in [-0.4, -0.2) is 16.2 Å². The number of hydrogen-bond donors (Lipinski definition) is 0. The summed E-state index contributed by atoms with van der Waals surface area (Å²) < 4.78 is 9.28. The monoisotopic (exact) mass is 955 g/mol. The smallest absolute Gasteiger partial charge is 0.137 e. The molecule has 0 aliphatic carbocycles. The van der Waals surface area contributed by atoms with Gasteiger partial charge in [0.05, 0.1) is 22.4 Å². The predicted octanol–water partition coefficient (Wildman–Crippen LogP) is 18.1. The molecule has 73 heavy (non-hydrogen) atoms. The highest BCUT2D eigenvalue weighted by atomic mass is 16.5. The predicted molar refractivity (Wildman–Crippen MR) is 307 cm³/mol. The number of benzene rings is 8. The van der Waals surface area contributed by atoms with E-state index in [4.69, 9.17) is 9.72 Å². The normalized spacial score (nSPS) is 13.2. The molecule has 364 valence electrons. The second-order valence-electron chi connectivity index (χ2n) is 23.1. The first-order valence-electron chi connectivity index (χ1n) is 25.8. The number of aromatic nitrogens is 2. The summed E-state index contributed by atoms with van der Waals surface area (Å²) in [7, 11) is 0. The van der Waals surface area contributed by atoms with Gasteiger partial charge in [0.15, 0.2) is 0 Å². The van der Waals surface area contributed by atoms with Crippen LogP contribution in [0.5, 0.6) is 11.5 Å². The average Bonchev–Trinajstić information content (AvgIpc) is 3.94. The van der Waals surface area contributed by atoms with Crippen molar-refractivity contribution < 1.29 is 4.74 Å². The fourth-order valence-electron chi connectivity index (χ4n) is 10.7. The van der Waals surface area contributed by atoms with Gasteiger partial charge in [-0.3, -0.25) is 4.57 Å². The zero-order valence-corrected chi connectivity index (χ0v) is 44.0. The summed E-state index contributed by atoms with van der Waals surface area (Å²) in [4.78, 5) is 9.99. The number of ether oxygens (including phenoxy) is 1. The zero-order valence-electron chi connectivity index (χ0n) is 44.0. The molecule has 1 aliphatic heterocycles. The quantitative estimate of drug-likeness (QED) is 0.137. The molecule has 0 unspecified atom stereocenters. The first kappa shape index (κ1) is 47.4. The summed E-state index contributed by atoms with van der Waals surface area (Å²) in [5.41, 5.74) is 16.2. The van der Waals surface area contributed by atoms with Crippen LogP contribution in [0.3, 0.4) is 0 Å². The molecule has 0 atom stereocenters. The van der Waals surface area contributed by atoms with E-state index in [1.54, 1.807) is 0 Å². The van der Waals surface area contributed by atoms with Crippen LogP contribution in [0.2, 0.25) is 0 Å². The molecule has 0 bridgehead atoms. The third kappa shape index (κ3) is 8.86. The number of rotatable bonds is 10. The van der Waals surface area contributed by atoms with Crippen molar-refractivity contribution in [2.24, 2.45) is 0 Å². The lowest BCUT2D eigenvalue weighted by Crippen LogP contribution is -2.24. The number of hydrogen-bond acceptors (Lipinski definition) is 4. The Morgan fingerprint density at radius 1 is 0.384 bits per heavy atom. The van der Waals surface area contributed by atoms with E-state index >= 15 is 0 Å². The van der Waals surface area contributed by atoms with Gasteiger partial charge in [-0.2, -0.15) is 0 Å². The van der Waals surface area contributed by atoms with Crippen molar-refractivity contribution >= 4 is 44.6 Å². The fourth-order valence-corrected chi connectivity index (χ4v) is 10.7. The number of nitrogens with zero attached hydrogens (tertiary/aromatic N) is 4. The molecular weight excluding hydrogens is 889 g/mol. The molecule has 8 aromatic carbocycles. The lowest BCUT2D eigenvalue weighted by Gasteiger charge is -2.28. The third-order valence-electron chi connectivity index (χ3n) is 15.4. The van der Waals surface area contributed by atoms with Crippen molar-refractivity contribution in [1.29, 1.82) is 0 Å². The van der Waals surface area contributed by atoms with Crippen LogP contribution < -0.4 is 14.5 Å². The van der Waals surface area contributed by atoms with Crippen molar-refractivity contribution in [2.45, 2.75) is 90.9 Å². The minimum Gasteiger partial charge on any atom is -0.457 e. The van der Waals surface area contributed by atoms with E-state index in [0.717, 1.165) is 45.1 Å². The largest absolute Gasteiger partial charge is 0.457 e. The Morgan fingerprint density at radius 2 is 1.00 bits per heavy atom. The van der Waals surface area contributed by atoms with Gasteiger partial charge in [-0.05, 0) is 128 Å². The highest BCUT2D eigenvalue weighted by Crippen LogP contribution is 2.49. The Hall–Kier alpha value is -7.89. The first-order valence-corrected chi connectivity index (χ1v) is 25.8. The third-order valence-corrected chi connectivity index (χ3v) is 15.4. The van der Waals surface area contributed by atoms with Gasteiger partial charge >= 0.3 is 0 Å². The van der Waals surface area contributed by atoms with Crippen LogP contribution in [-0.2, 0) is 21.7 Å². The maximum absolute atomic E-state index is 6.97. The van der Waals surface area contributed by atoms with E-state index in [0.29, 0.717) is 6.67 Å². The summed E-state index contributed by atoms with van der Waals surface area (Å²) in [6.07, 6.45) is 1.95. The maximum Gasteiger partial charge on any atom is 0.137 e. The molecule has 0 spiro atoms. The van der Waals surface area contributed by atoms with Gasteiger partial charge in [-0.15, -0.1) is 0 Å². The highest BCUT2D eigenvalue weighted by molar-refractivity contribution is 6.10. The topological polar surface area (TPSA) is 33.5 Å². The van der Waals surface area contributed by atoms with E-state index < -0.39 is 0 Å². The van der Waals surface area contributed by atoms with E-state index in [1.165, 1.54) is 61.3 Å². The Morgan fingerprint density at radius 3 is 1.67 bits per heavy atom. The molecule has 3 heterocycles. The Bertz CT molecular complexity index is 3650. The fraction of sp³-hybridized carbons (Fsp3) is 0.221. The SMILES string of the molecule is CC(C)(C)c1cc(-c2ccccc2)cc(N2CN(c3cccc(Oc4ccc5c6cc(C(C)(C)C)ccc6n(-c6cc(C(C)(C)c7ccccc7)ccn6)c5c4)c3)c3cc(C(C)(C)c4ccccc4)ccc32)c1. The van der Waals surface area contributed by atoms with Crippen LogP contribution >= 0.6 is 0 Å². The maximum atomic E-state index is 6.97. The van der Waals surface area contributed by atoms with Crippen LogP contribution in [0.1, 0.15) is 103 Å². The number of pyridine rings is 1. The highest BCUT2D eigenvalue weighted by Gasteiger charge is 2.33. The first-order chi connectivity index (χ1) is 34.9. The molecule has 2 aromatic heterocycles. The molecule has 11 rings (SSSR count). The summed E-state index contributed by atoms with van der Waals surface area (Å²) in [6, 6.07) is 72.9. The summed E-state index contributed by atoms with van der Waals surface area (Å²) in [5.74, 6) is 2.40. The van der Waals surface area contributed by atoms with Crippen molar-refractivity contribution in [2.75, 3.05) is 16.5 Å². The molecule has 0 saturated carbocycles. The molecule has 5 heteroatoms. The Labute approximate surface area is 432 Å². The number of fused-ring (bicyclic) bond motifs is 4. The second-order valence-corrected chi connectivity index (χ2v) is 23.1. The van der Waals surface area contributed by atoms with Crippen molar-refractivity contribution in [1.82, 2.24) is 9.55 Å². The summed E-state index contributed by atoms with van der Waals surface area (Å²) in [6.45, 7) is 23.6. The van der Waals surface area contributed by atoms with E-state index in [9.17, 15) is 0 Å². The van der Waals surface area contributed by atoms with Crippen molar-refractivity contribution in [3.63, 3.8) is 0 Å². The van der Waals surface area contributed by atoms with E-state index in [1.807, 2.05) is 6.20 Å². The molecule has 0 fully saturated rings. The van der Waals surface area contributed by atoms with E-state index in [-0.39, 0.29) is 21.7 Å². The Balaban J connectivity index is 1.00. The van der Waals surface area contributed by atoms with Crippen LogP contribution in [0.15, 0.2) is 206 Å².